The Hall–Kier alpha value is -1.71. The molecule has 1 aliphatic heterocycles. The van der Waals surface area contributed by atoms with Crippen LogP contribution in [0.3, 0.4) is 0 Å². The third kappa shape index (κ3) is 3.11. The molecule has 3 fully saturated rings. The molecule has 24 heavy (non-hydrogen) atoms. The van der Waals surface area contributed by atoms with Crippen molar-refractivity contribution in [2.24, 2.45) is 17.8 Å². The number of piperazine rings is 1. The number of methoxy groups -OCH3 is 1. The fourth-order valence-electron chi connectivity index (χ4n) is 4.99. The van der Waals surface area contributed by atoms with Gasteiger partial charge in [-0.1, -0.05) is 6.42 Å². The quantitative estimate of drug-likeness (QED) is 0.851. The van der Waals surface area contributed by atoms with Crippen molar-refractivity contribution >= 4 is 11.6 Å². The highest BCUT2D eigenvalue weighted by Gasteiger charge is 2.40. The van der Waals surface area contributed by atoms with Crippen molar-refractivity contribution in [3.63, 3.8) is 0 Å². The van der Waals surface area contributed by atoms with E-state index in [1.54, 1.807) is 7.11 Å². The van der Waals surface area contributed by atoms with Gasteiger partial charge in [0.1, 0.15) is 5.75 Å². The number of hydrogen-bond acceptors (Lipinski definition) is 3. The summed E-state index contributed by atoms with van der Waals surface area (Å²) in [7, 11) is 1.69. The summed E-state index contributed by atoms with van der Waals surface area (Å²) in [6.07, 6.45) is 6.28. The van der Waals surface area contributed by atoms with Crippen LogP contribution in [-0.4, -0.2) is 44.1 Å². The summed E-state index contributed by atoms with van der Waals surface area (Å²) in [4.78, 5) is 17.1. The largest absolute Gasteiger partial charge is 0.497 e. The van der Waals surface area contributed by atoms with Gasteiger partial charge in [-0.25, -0.2) is 0 Å². The van der Waals surface area contributed by atoms with Crippen LogP contribution >= 0.6 is 0 Å². The summed E-state index contributed by atoms with van der Waals surface area (Å²) < 4.78 is 5.22. The van der Waals surface area contributed by atoms with Gasteiger partial charge in [0.2, 0.25) is 5.91 Å². The minimum absolute atomic E-state index is 0.391. The Balaban J connectivity index is 1.28. The van der Waals surface area contributed by atoms with Gasteiger partial charge in [-0.3, -0.25) is 4.79 Å². The number of rotatable bonds is 4. The van der Waals surface area contributed by atoms with E-state index in [1.165, 1.54) is 31.4 Å². The molecule has 4 heteroatoms. The van der Waals surface area contributed by atoms with Gasteiger partial charge < -0.3 is 14.5 Å². The van der Waals surface area contributed by atoms with Gasteiger partial charge in [-0.2, -0.15) is 0 Å². The number of fused-ring (bicyclic) bond motifs is 2. The Labute approximate surface area is 144 Å². The molecule has 1 saturated heterocycles. The molecule has 0 radical (unpaired) electrons. The van der Waals surface area contributed by atoms with E-state index in [0.717, 1.165) is 50.2 Å². The van der Waals surface area contributed by atoms with Gasteiger partial charge in [0.15, 0.2) is 0 Å². The van der Waals surface area contributed by atoms with E-state index in [-0.39, 0.29) is 0 Å². The Morgan fingerprint density at radius 3 is 2.42 bits per heavy atom. The van der Waals surface area contributed by atoms with E-state index in [0.29, 0.717) is 11.8 Å². The van der Waals surface area contributed by atoms with Crippen LogP contribution in [0.25, 0.3) is 0 Å². The zero-order valence-electron chi connectivity index (χ0n) is 14.6. The molecule has 3 aliphatic rings. The number of ether oxygens (including phenoxy) is 1. The topological polar surface area (TPSA) is 32.8 Å². The number of amides is 1. The zero-order valence-corrected chi connectivity index (χ0v) is 14.6. The third-order valence-corrected chi connectivity index (χ3v) is 6.39. The normalized spacial score (nSPS) is 29.1. The lowest BCUT2D eigenvalue weighted by Gasteiger charge is -2.37. The maximum atomic E-state index is 12.6. The van der Waals surface area contributed by atoms with Crippen LogP contribution in [0.2, 0.25) is 0 Å². The molecule has 0 N–H and O–H groups in total. The highest BCUT2D eigenvalue weighted by Crippen LogP contribution is 2.49. The number of benzene rings is 1. The number of anilines is 1. The van der Waals surface area contributed by atoms with Crippen molar-refractivity contribution in [2.75, 3.05) is 38.2 Å². The predicted octanol–water partition coefficient (Wildman–Crippen LogP) is 3.17. The molecule has 2 saturated carbocycles. The molecule has 2 aliphatic carbocycles. The summed E-state index contributed by atoms with van der Waals surface area (Å²) in [5.74, 6) is 3.73. The Morgan fingerprint density at radius 1 is 1.08 bits per heavy atom. The van der Waals surface area contributed by atoms with Gasteiger partial charge in [-0.15, -0.1) is 0 Å². The van der Waals surface area contributed by atoms with Crippen LogP contribution in [-0.2, 0) is 4.79 Å². The fourth-order valence-corrected chi connectivity index (χ4v) is 4.99. The first-order valence-electron chi connectivity index (χ1n) is 9.39. The smallest absolute Gasteiger partial charge is 0.222 e. The fraction of sp³-hybridized carbons (Fsp3) is 0.650. The van der Waals surface area contributed by atoms with Crippen molar-refractivity contribution < 1.29 is 9.53 Å². The molecule has 0 aromatic heterocycles. The lowest BCUT2D eigenvalue weighted by molar-refractivity contribution is -0.132. The first-order chi connectivity index (χ1) is 11.7. The van der Waals surface area contributed by atoms with Crippen molar-refractivity contribution in [1.29, 1.82) is 0 Å². The highest BCUT2D eigenvalue weighted by atomic mass is 16.5. The van der Waals surface area contributed by atoms with Crippen LogP contribution in [0.4, 0.5) is 5.69 Å². The monoisotopic (exact) mass is 328 g/mol. The minimum Gasteiger partial charge on any atom is -0.497 e. The second-order valence-corrected chi connectivity index (χ2v) is 7.70. The Morgan fingerprint density at radius 2 is 1.83 bits per heavy atom. The summed E-state index contributed by atoms with van der Waals surface area (Å²) in [5, 5.41) is 0. The van der Waals surface area contributed by atoms with E-state index in [1.807, 2.05) is 12.1 Å². The van der Waals surface area contributed by atoms with Gasteiger partial charge in [-0.05, 0) is 61.3 Å². The van der Waals surface area contributed by atoms with E-state index in [2.05, 4.69) is 21.9 Å². The van der Waals surface area contributed by atoms with E-state index in [4.69, 9.17) is 4.74 Å². The first-order valence-corrected chi connectivity index (χ1v) is 9.39. The number of hydrogen-bond donors (Lipinski definition) is 0. The van der Waals surface area contributed by atoms with E-state index in [9.17, 15) is 4.79 Å². The van der Waals surface area contributed by atoms with Gasteiger partial charge >= 0.3 is 0 Å². The summed E-state index contributed by atoms with van der Waals surface area (Å²) in [6.45, 7) is 3.56. The second kappa shape index (κ2) is 6.66. The second-order valence-electron chi connectivity index (χ2n) is 7.70. The molecule has 1 aromatic rings. The summed E-state index contributed by atoms with van der Waals surface area (Å²) in [5.41, 5.74) is 1.22. The lowest BCUT2D eigenvalue weighted by atomic mass is 9.86. The van der Waals surface area contributed by atoms with Crippen molar-refractivity contribution in [2.45, 2.75) is 32.1 Å². The summed E-state index contributed by atoms with van der Waals surface area (Å²) in [6, 6.07) is 8.21. The van der Waals surface area contributed by atoms with Gasteiger partial charge in [0, 0.05) is 38.3 Å². The van der Waals surface area contributed by atoms with Crippen LogP contribution in [0, 0.1) is 17.8 Å². The van der Waals surface area contributed by atoms with Crippen molar-refractivity contribution in [1.82, 2.24) is 4.90 Å². The lowest BCUT2D eigenvalue weighted by Crippen LogP contribution is -2.49. The standard InChI is InChI=1S/C20H28N2O2/c1-24-19-6-4-18(5-7-19)21-8-10-22(11-9-21)20(23)14-17-13-15-2-3-16(17)12-15/h4-7,15-17H,2-3,8-14H2,1H3/t15-,16-,17+/m1/s1. The highest BCUT2D eigenvalue weighted by molar-refractivity contribution is 5.77. The molecule has 0 unspecified atom stereocenters. The van der Waals surface area contributed by atoms with Crippen LogP contribution in [0.15, 0.2) is 24.3 Å². The molecular weight excluding hydrogens is 300 g/mol. The molecule has 3 atom stereocenters. The molecule has 4 rings (SSSR count). The molecule has 4 nitrogen and oxygen atoms in total. The predicted molar refractivity (Wildman–Crippen MR) is 95.3 cm³/mol. The molecule has 0 spiro atoms. The number of carbonyl (C=O) groups is 1. The molecular formula is C20H28N2O2. The van der Waals surface area contributed by atoms with Crippen molar-refractivity contribution in [3.05, 3.63) is 24.3 Å². The number of nitrogens with zero attached hydrogens (tertiary/aromatic N) is 2. The van der Waals surface area contributed by atoms with Gasteiger partial charge in [0.05, 0.1) is 7.11 Å². The van der Waals surface area contributed by atoms with Gasteiger partial charge in [0.25, 0.3) is 0 Å². The van der Waals surface area contributed by atoms with Crippen LogP contribution in [0.5, 0.6) is 5.75 Å². The molecule has 130 valence electrons. The third-order valence-electron chi connectivity index (χ3n) is 6.39. The van der Waals surface area contributed by atoms with Crippen LogP contribution in [0.1, 0.15) is 32.1 Å². The van der Waals surface area contributed by atoms with E-state index >= 15 is 0 Å². The Kier molecular flexibility index (Phi) is 4.38. The maximum Gasteiger partial charge on any atom is 0.222 e. The molecule has 1 heterocycles. The number of carbonyl (C=O) groups excluding carboxylic acids is 1. The molecule has 1 aromatic carbocycles. The SMILES string of the molecule is COc1ccc(N2CCN(C(=O)C[C@@H]3C[C@@H]4CC[C@@H]3C4)CC2)cc1. The van der Waals surface area contributed by atoms with E-state index < -0.39 is 0 Å². The zero-order chi connectivity index (χ0) is 16.5. The molecule has 2 bridgehead atoms. The summed E-state index contributed by atoms with van der Waals surface area (Å²) >= 11 is 0. The first kappa shape index (κ1) is 15.8. The molecule has 1 amide bonds. The van der Waals surface area contributed by atoms with Crippen molar-refractivity contribution in [3.8, 4) is 5.75 Å². The van der Waals surface area contributed by atoms with Crippen LogP contribution < -0.4 is 9.64 Å². The minimum atomic E-state index is 0.391. The Bertz CT molecular complexity index is 578. The maximum absolute atomic E-state index is 12.6. The average molecular weight is 328 g/mol. The average Bonchev–Trinajstić information content (AvgIpc) is 3.25.